The smallest absolute Gasteiger partial charge is 0.271 e. The number of nitrogens with one attached hydrogen (secondary N) is 1. The molecule has 0 aliphatic heterocycles. The zero-order valence-electron chi connectivity index (χ0n) is 10.1. The number of thiocarbonyl (C=S) groups is 1. The lowest BCUT2D eigenvalue weighted by Crippen LogP contribution is -2.12. The van der Waals surface area contributed by atoms with E-state index in [1.54, 1.807) is 18.2 Å². The van der Waals surface area contributed by atoms with Crippen LogP contribution in [0.4, 0.5) is 5.69 Å². The molecule has 4 nitrogen and oxygen atoms in total. The topological polar surface area (TPSA) is 72.2 Å². The van der Waals surface area contributed by atoms with Gasteiger partial charge in [0.05, 0.1) is 10.6 Å². The summed E-state index contributed by atoms with van der Waals surface area (Å²) in [7, 11) is -3.60. The van der Waals surface area contributed by atoms with Crippen molar-refractivity contribution in [3.05, 3.63) is 46.8 Å². The predicted molar refractivity (Wildman–Crippen MR) is 82.2 cm³/mol. The first kappa shape index (κ1) is 14.0. The van der Waals surface area contributed by atoms with Crippen LogP contribution in [0, 0.1) is 6.92 Å². The van der Waals surface area contributed by atoms with Gasteiger partial charge in [-0.1, -0.05) is 30.4 Å². The Bertz CT molecular complexity index is 720. The highest BCUT2D eigenvalue weighted by Crippen LogP contribution is 2.25. The van der Waals surface area contributed by atoms with E-state index >= 15 is 0 Å². The molecule has 1 aromatic carbocycles. The van der Waals surface area contributed by atoms with Crippen LogP contribution in [0.15, 0.2) is 40.6 Å². The van der Waals surface area contributed by atoms with Crippen LogP contribution in [0.3, 0.4) is 0 Å². The predicted octanol–water partition coefficient (Wildman–Crippen LogP) is 2.49. The van der Waals surface area contributed by atoms with E-state index in [4.69, 9.17) is 18.0 Å². The van der Waals surface area contributed by atoms with E-state index < -0.39 is 10.0 Å². The molecule has 3 N–H and O–H groups in total. The summed E-state index contributed by atoms with van der Waals surface area (Å²) in [5.41, 5.74) is 6.89. The first-order valence-corrected chi connectivity index (χ1v) is 8.09. The van der Waals surface area contributed by atoms with Crippen molar-refractivity contribution in [1.82, 2.24) is 0 Å². The minimum Gasteiger partial charge on any atom is -0.389 e. The van der Waals surface area contributed by atoms with Gasteiger partial charge in [0, 0.05) is 0 Å². The van der Waals surface area contributed by atoms with Crippen LogP contribution < -0.4 is 10.5 Å². The Morgan fingerprint density at radius 2 is 1.95 bits per heavy atom. The maximum Gasteiger partial charge on any atom is 0.271 e. The van der Waals surface area contributed by atoms with Crippen LogP contribution in [-0.2, 0) is 10.0 Å². The summed E-state index contributed by atoms with van der Waals surface area (Å²) in [5.74, 6) is 0. The summed E-state index contributed by atoms with van der Waals surface area (Å²) in [5, 5.41) is 0. The SMILES string of the molecule is Cc1ccccc1NS(=O)(=O)c1ccc(C(N)=S)s1. The van der Waals surface area contributed by atoms with Crippen LogP contribution in [-0.4, -0.2) is 13.4 Å². The van der Waals surface area contributed by atoms with E-state index in [0.717, 1.165) is 16.9 Å². The number of thiophene rings is 1. The maximum atomic E-state index is 12.2. The van der Waals surface area contributed by atoms with Crippen molar-refractivity contribution in [2.75, 3.05) is 4.72 Å². The Balaban J connectivity index is 2.32. The first-order valence-electron chi connectivity index (χ1n) is 5.38. The minimum atomic E-state index is -3.60. The summed E-state index contributed by atoms with van der Waals surface area (Å²) in [4.78, 5) is 0.780. The number of hydrogen-bond donors (Lipinski definition) is 2. The summed E-state index contributed by atoms with van der Waals surface area (Å²) < 4.78 is 27.2. The zero-order chi connectivity index (χ0) is 14.0. The Morgan fingerprint density at radius 1 is 1.26 bits per heavy atom. The van der Waals surface area contributed by atoms with E-state index in [2.05, 4.69) is 4.72 Å². The van der Waals surface area contributed by atoms with Crippen LogP contribution in [0.25, 0.3) is 0 Å². The van der Waals surface area contributed by atoms with Crippen molar-refractivity contribution in [3.8, 4) is 0 Å². The van der Waals surface area contributed by atoms with Crippen LogP contribution in [0.1, 0.15) is 10.4 Å². The molecule has 19 heavy (non-hydrogen) atoms. The summed E-state index contributed by atoms with van der Waals surface area (Å²) >= 11 is 5.88. The molecule has 100 valence electrons. The second kappa shape index (κ2) is 5.28. The Hall–Kier alpha value is -1.44. The molecule has 2 aromatic rings. The Labute approximate surface area is 121 Å². The van der Waals surface area contributed by atoms with Gasteiger partial charge in [0.1, 0.15) is 9.20 Å². The minimum absolute atomic E-state index is 0.193. The largest absolute Gasteiger partial charge is 0.389 e. The number of nitrogens with two attached hydrogens (primary N) is 1. The summed E-state index contributed by atoms with van der Waals surface area (Å²) in [6.45, 7) is 1.84. The molecule has 7 heteroatoms. The molecule has 0 radical (unpaired) electrons. The third-order valence-corrected chi connectivity index (χ3v) is 5.80. The van der Waals surface area contributed by atoms with Crippen molar-refractivity contribution in [3.63, 3.8) is 0 Å². The van der Waals surface area contributed by atoms with Gasteiger partial charge < -0.3 is 5.73 Å². The molecule has 0 saturated heterocycles. The van der Waals surface area contributed by atoms with E-state index in [9.17, 15) is 8.42 Å². The number of anilines is 1. The van der Waals surface area contributed by atoms with E-state index in [0.29, 0.717) is 10.6 Å². The van der Waals surface area contributed by atoms with Crippen molar-refractivity contribution in [1.29, 1.82) is 0 Å². The van der Waals surface area contributed by atoms with Crippen LogP contribution in [0.5, 0.6) is 0 Å². The van der Waals surface area contributed by atoms with Gasteiger partial charge >= 0.3 is 0 Å². The summed E-state index contributed by atoms with van der Waals surface area (Å²) in [6, 6.07) is 10.3. The van der Waals surface area contributed by atoms with Gasteiger partial charge in [-0.15, -0.1) is 11.3 Å². The molecule has 0 amide bonds. The van der Waals surface area contributed by atoms with Gasteiger partial charge in [-0.3, -0.25) is 4.72 Å². The average molecular weight is 312 g/mol. The van der Waals surface area contributed by atoms with Gasteiger partial charge in [0.2, 0.25) is 0 Å². The van der Waals surface area contributed by atoms with Gasteiger partial charge in [-0.25, -0.2) is 8.42 Å². The lowest BCUT2D eigenvalue weighted by molar-refractivity contribution is 0.603. The molecule has 2 rings (SSSR count). The highest BCUT2D eigenvalue weighted by molar-refractivity contribution is 7.94. The molecule has 1 aromatic heterocycles. The fourth-order valence-electron chi connectivity index (χ4n) is 1.48. The molecule has 0 fully saturated rings. The average Bonchev–Trinajstić information content (AvgIpc) is 2.82. The number of benzene rings is 1. The second-order valence-corrected chi connectivity index (χ2v) is 7.34. The molecule has 1 heterocycles. The van der Waals surface area contributed by atoms with E-state index in [-0.39, 0.29) is 9.20 Å². The fourth-order valence-corrected chi connectivity index (χ4v) is 3.96. The molecule has 0 atom stereocenters. The number of sulfonamides is 1. The molecule has 0 bridgehead atoms. The van der Waals surface area contributed by atoms with Crippen molar-refractivity contribution >= 4 is 44.3 Å². The number of hydrogen-bond acceptors (Lipinski definition) is 4. The lowest BCUT2D eigenvalue weighted by Gasteiger charge is -2.08. The van der Waals surface area contributed by atoms with Gasteiger partial charge in [-0.2, -0.15) is 0 Å². The zero-order valence-corrected chi connectivity index (χ0v) is 12.5. The van der Waals surface area contributed by atoms with Gasteiger partial charge in [0.15, 0.2) is 0 Å². The number of aryl methyl sites for hydroxylation is 1. The first-order chi connectivity index (χ1) is 8.90. The van der Waals surface area contributed by atoms with Crippen molar-refractivity contribution in [2.45, 2.75) is 11.1 Å². The van der Waals surface area contributed by atoms with Crippen LogP contribution >= 0.6 is 23.6 Å². The quantitative estimate of drug-likeness (QED) is 0.851. The standard InChI is InChI=1S/C12H12N2O2S3/c1-8-4-2-3-5-9(8)14-19(15,16)11-7-6-10(18-11)12(13)17/h2-7,14H,1H3,(H2,13,17). The monoisotopic (exact) mass is 312 g/mol. The lowest BCUT2D eigenvalue weighted by atomic mass is 10.2. The third-order valence-electron chi connectivity index (χ3n) is 2.48. The van der Waals surface area contributed by atoms with E-state index in [1.807, 2.05) is 19.1 Å². The molecule has 0 saturated carbocycles. The molecular formula is C12H12N2O2S3. The third kappa shape index (κ3) is 3.12. The Kier molecular flexibility index (Phi) is 3.88. The molecule has 0 spiro atoms. The number of rotatable bonds is 4. The maximum absolute atomic E-state index is 12.2. The number of para-hydroxylation sites is 1. The highest BCUT2D eigenvalue weighted by Gasteiger charge is 2.18. The molecule has 0 aliphatic rings. The Morgan fingerprint density at radius 3 is 2.53 bits per heavy atom. The summed E-state index contributed by atoms with van der Waals surface area (Å²) in [6.07, 6.45) is 0. The van der Waals surface area contributed by atoms with Gasteiger partial charge in [-0.05, 0) is 30.7 Å². The van der Waals surface area contributed by atoms with E-state index in [1.165, 1.54) is 6.07 Å². The van der Waals surface area contributed by atoms with Crippen LogP contribution in [0.2, 0.25) is 0 Å². The molecular weight excluding hydrogens is 300 g/mol. The highest BCUT2D eigenvalue weighted by atomic mass is 32.2. The molecule has 0 unspecified atom stereocenters. The molecule has 0 aliphatic carbocycles. The van der Waals surface area contributed by atoms with Gasteiger partial charge in [0.25, 0.3) is 10.0 Å². The van der Waals surface area contributed by atoms with Crippen molar-refractivity contribution in [2.24, 2.45) is 5.73 Å². The fraction of sp³-hybridized carbons (Fsp3) is 0.0833. The second-order valence-electron chi connectivity index (χ2n) is 3.90. The normalized spacial score (nSPS) is 11.2. The van der Waals surface area contributed by atoms with Crippen molar-refractivity contribution < 1.29 is 8.42 Å².